The summed E-state index contributed by atoms with van der Waals surface area (Å²) in [6, 6.07) is 10.5. The van der Waals surface area contributed by atoms with Crippen LogP contribution in [0.1, 0.15) is 24.8 Å². The molecule has 23 heavy (non-hydrogen) atoms. The van der Waals surface area contributed by atoms with Crippen LogP contribution in [0.25, 0.3) is 10.8 Å². The molecular formula is C16H14F3NO3. The number of carbonyl (C=O) groups is 1. The lowest BCUT2D eigenvalue weighted by molar-refractivity contribution is -0.625. The summed E-state index contributed by atoms with van der Waals surface area (Å²) in [6.45, 7) is 0. The predicted octanol–water partition coefficient (Wildman–Crippen LogP) is 4.24. The summed E-state index contributed by atoms with van der Waals surface area (Å²) in [6.07, 6.45) is -5.75. The van der Waals surface area contributed by atoms with Gasteiger partial charge in [-0.2, -0.15) is 13.2 Å². The highest BCUT2D eigenvalue weighted by atomic mass is 19.4. The van der Waals surface area contributed by atoms with Crippen LogP contribution in [0.3, 0.4) is 0 Å². The van der Waals surface area contributed by atoms with Crippen LogP contribution in [0.5, 0.6) is 0 Å². The molecule has 0 N–H and O–H groups in total. The van der Waals surface area contributed by atoms with Crippen LogP contribution < -0.4 is 0 Å². The second kappa shape index (κ2) is 6.36. The molecule has 2 aromatic carbocycles. The van der Waals surface area contributed by atoms with Crippen molar-refractivity contribution in [3.8, 4) is 0 Å². The van der Waals surface area contributed by atoms with E-state index in [1.54, 1.807) is 24.3 Å². The van der Waals surface area contributed by atoms with E-state index >= 15 is 0 Å². The van der Waals surface area contributed by atoms with Crippen molar-refractivity contribution in [3.05, 3.63) is 58.1 Å². The van der Waals surface area contributed by atoms with Crippen molar-refractivity contribution in [2.24, 2.45) is 0 Å². The Kier molecular flexibility index (Phi) is 4.68. The first kappa shape index (κ1) is 16.9. The fraction of sp³-hybridized carbons (Fsp3) is 0.312. The molecule has 0 aliphatic rings. The largest absolute Gasteiger partial charge is 0.465 e. The van der Waals surface area contributed by atoms with Gasteiger partial charge >= 0.3 is 11.7 Å². The number of hydrogen-bond donors (Lipinski definition) is 0. The van der Waals surface area contributed by atoms with E-state index in [9.17, 15) is 28.1 Å². The van der Waals surface area contributed by atoms with Gasteiger partial charge in [0.2, 0.25) is 0 Å². The van der Waals surface area contributed by atoms with E-state index in [0.29, 0.717) is 17.1 Å². The zero-order valence-electron chi connectivity index (χ0n) is 12.0. The highest BCUT2D eigenvalue weighted by molar-refractivity contribution is 5.83. The molecule has 0 saturated heterocycles. The van der Waals surface area contributed by atoms with Crippen LogP contribution in [0, 0.1) is 10.1 Å². The Balaban J connectivity index is 2.61. The normalized spacial score (nSPS) is 14.4. The summed E-state index contributed by atoms with van der Waals surface area (Å²) >= 11 is 0. The van der Waals surface area contributed by atoms with Crippen LogP contribution in [0.2, 0.25) is 0 Å². The lowest BCUT2D eigenvalue weighted by Gasteiger charge is -2.28. The summed E-state index contributed by atoms with van der Waals surface area (Å²) in [5.41, 5.74) is -3.63. The lowest BCUT2D eigenvalue weighted by atomic mass is 9.83. The molecule has 4 nitrogen and oxygen atoms in total. The molecule has 0 amide bonds. The van der Waals surface area contributed by atoms with Crippen molar-refractivity contribution in [2.75, 3.05) is 0 Å². The zero-order valence-corrected chi connectivity index (χ0v) is 12.0. The van der Waals surface area contributed by atoms with Gasteiger partial charge in [-0.1, -0.05) is 36.4 Å². The van der Waals surface area contributed by atoms with Crippen molar-refractivity contribution in [3.63, 3.8) is 0 Å². The molecule has 2 aromatic rings. The van der Waals surface area contributed by atoms with Gasteiger partial charge in [-0.05, 0) is 23.3 Å². The van der Waals surface area contributed by atoms with Crippen LogP contribution in [0.4, 0.5) is 13.2 Å². The van der Waals surface area contributed by atoms with Gasteiger partial charge in [-0.3, -0.25) is 10.1 Å². The molecule has 0 aromatic heterocycles. The molecule has 7 heteroatoms. The van der Waals surface area contributed by atoms with Crippen LogP contribution in [0.15, 0.2) is 42.5 Å². The maximum absolute atomic E-state index is 13.6. The van der Waals surface area contributed by atoms with Gasteiger partial charge in [-0.15, -0.1) is 0 Å². The fourth-order valence-electron chi connectivity index (χ4n) is 2.64. The molecule has 0 aliphatic carbocycles. The minimum atomic E-state index is -5.07. The van der Waals surface area contributed by atoms with E-state index < -0.39 is 28.6 Å². The molecule has 122 valence electrons. The molecule has 0 fully saturated rings. The third-order valence-corrected chi connectivity index (χ3v) is 3.87. The van der Waals surface area contributed by atoms with E-state index in [1.807, 2.05) is 0 Å². The zero-order chi connectivity index (χ0) is 17.1. The Bertz CT molecular complexity index is 730. The molecule has 1 atom stereocenters. The number of aldehydes is 1. The van der Waals surface area contributed by atoms with Crippen LogP contribution >= 0.6 is 0 Å². The number of hydrogen-bond acceptors (Lipinski definition) is 3. The summed E-state index contributed by atoms with van der Waals surface area (Å²) < 4.78 is 40.8. The molecule has 0 heterocycles. The summed E-state index contributed by atoms with van der Waals surface area (Å²) in [7, 11) is 0. The number of carbonyl (C=O) groups excluding carboxylic acids is 1. The van der Waals surface area contributed by atoms with Gasteiger partial charge in [0.25, 0.3) is 0 Å². The highest BCUT2D eigenvalue weighted by Crippen LogP contribution is 2.45. The summed E-state index contributed by atoms with van der Waals surface area (Å²) in [5.74, 6) is 0. The Hall–Kier alpha value is -2.44. The number of alkyl halides is 3. The predicted molar refractivity (Wildman–Crippen MR) is 78.6 cm³/mol. The Morgan fingerprint density at radius 2 is 1.74 bits per heavy atom. The van der Waals surface area contributed by atoms with Gasteiger partial charge in [0.1, 0.15) is 6.29 Å². The first-order chi connectivity index (χ1) is 10.8. The van der Waals surface area contributed by atoms with Crippen molar-refractivity contribution in [2.45, 2.75) is 31.0 Å². The van der Waals surface area contributed by atoms with E-state index in [4.69, 9.17) is 0 Å². The van der Waals surface area contributed by atoms with Gasteiger partial charge in [-0.25, -0.2) is 0 Å². The van der Waals surface area contributed by atoms with E-state index in [1.165, 1.54) is 12.1 Å². The first-order valence-corrected chi connectivity index (χ1v) is 6.97. The monoisotopic (exact) mass is 325 g/mol. The number of rotatable bonds is 6. The Labute approximate surface area is 130 Å². The van der Waals surface area contributed by atoms with Gasteiger partial charge in [0, 0.05) is 23.3 Å². The Morgan fingerprint density at radius 3 is 2.30 bits per heavy atom. The van der Waals surface area contributed by atoms with Crippen molar-refractivity contribution < 1.29 is 22.9 Å². The number of unbranched alkanes of at least 4 members (excludes halogenated alkanes) is 1. The topological polar surface area (TPSA) is 60.2 Å². The number of halogens is 3. The minimum absolute atomic E-state index is 0.154. The molecule has 0 radical (unpaired) electrons. The average Bonchev–Trinajstić information content (AvgIpc) is 2.49. The van der Waals surface area contributed by atoms with Gasteiger partial charge in [0.05, 0.1) is 0 Å². The van der Waals surface area contributed by atoms with Crippen LogP contribution in [-0.2, 0) is 10.3 Å². The van der Waals surface area contributed by atoms with Gasteiger partial charge in [0.15, 0.2) is 0 Å². The molecule has 0 spiro atoms. The number of fused-ring (bicyclic) bond motifs is 1. The fourth-order valence-corrected chi connectivity index (χ4v) is 2.64. The maximum Gasteiger partial charge on any atom is 0.465 e. The smallest absolute Gasteiger partial charge is 0.303 e. The highest BCUT2D eigenvalue weighted by Gasteiger charge is 2.66. The summed E-state index contributed by atoms with van der Waals surface area (Å²) in [4.78, 5) is 20.5. The number of nitro groups is 1. The first-order valence-electron chi connectivity index (χ1n) is 6.97. The molecule has 2 rings (SSSR count). The molecule has 0 aliphatic heterocycles. The van der Waals surface area contributed by atoms with Crippen LogP contribution in [-0.4, -0.2) is 17.4 Å². The SMILES string of the molecule is O=CCCCC(c1ccc2ccccc2c1)([N+](=O)[O-])C(F)(F)F. The third-order valence-electron chi connectivity index (χ3n) is 3.87. The lowest BCUT2D eigenvalue weighted by Crippen LogP contribution is -2.49. The third kappa shape index (κ3) is 3.04. The molecule has 1 unspecified atom stereocenters. The van der Waals surface area contributed by atoms with Gasteiger partial charge < -0.3 is 4.79 Å². The second-order valence-electron chi connectivity index (χ2n) is 5.24. The van der Waals surface area contributed by atoms with Crippen molar-refractivity contribution in [1.29, 1.82) is 0 Å². The van der Waals surface area contributed by atoms with E-state index in [0.717, 1.165) is 6.07 Å². The second-order valence-corrected chi connectivity index (χ2v) is 5.24. The van der Waals surface area contributed by atoms with Crippen molar-refractivity contribution >= 4 is 17.1 Å². The van der Waals surface area contributed by atoms with E-state index in [2.05, 4.69) is 0 Å². The number of benzene rings is 2. The molecule has 0 bridgehead atoms. The minimum Gasteiger partial charge on any atom is -0.303 e. The summed E-state index contributed by atoms with van der Waals surface area (Å²) in [5, 5.41) is 12.6. The van der Waals surface area contributed by atoms with E-state index in [-0.39, 0.29) is 12.8 Å². The quantitative estimate of drug-likeness (QED) is 0.345. The number of nitrogens with zero attached hydrogens (tertiary/aromatic N) is 1. The standard InChI is InChI=1S/C16H14F3NO3/c17-16(18,19)15(20(22)23,9-3-4-10-21)14-8-7-12-5-1-2-6-13(12)11-14/h1-2,5-8,10-11H,3-4,9H2. The molecular weight excluding hydrogens is 311 g/mol. The van der Waals surface area contributed by atoms with Crippen molar-refractivity contribution in [1.82, 2.24) is 0 Å². The average molecular weight is 325 g/mol. The maximum atomic E-state index is 13.6. The Morgan fingerprint density at radius 1 is 1.09 bits per heavy atom. The molecule has 0 saturated carbocycles.